The molecule has 4 aliphatic rings. The Morgan fingerprint density at radius 1 is 1.33 bits per heavy atom. The monoisotopic (exact) mass is 412 g/mol. The van der Waals surface area contributed by atoms with Gasteiger partial charge >= 0.3 is 5.76 Å². The summed E-state index contributed by atoms with van der Waals surface area (Å²) in [4.78, 5) is 22.1. The summed E-state index contributed by atoms with van der Waals surface area (Å²) < 4.78 is 11.8. The number of carbonyl (C=O) groups excluding carboxylic acids is 1. The van der Waals surface area contributed by atoms with E-state index in [2.05, 4.69) is 22.8 Å². The maximum Gasteiger partial charge on any atom is 0.419 e. The normalized spacial score (nSPS) is 28.0. The number of aromatic nitrogens is 1. The van der Waals surface area contributed by atoms with Gasteiger partial charge in [0.05, 0.1) is 18.2 Å². The van der Waals surface area contributed by atoms with E-state index >= 15 is 0 Å². The molecule has 30 heavy (non-hydrogen) atoms. The van der Waals surface area contributed by atoms with E-state index in [1.807, 2.05) is 12.1 Å². The van der Waals surface area contributed by atoms with Crippen LogP contribution >= 0.6 is 0 Å². The third kappa shape index (κ3) is 3.75. The summed E-state index contributed by atoms with van der Waals surface area (Å²) in [6, 6.07) is 7.70. The number of nitrogens with one attached hydrogen (secondary N) is 2. The molecule has 1 aromatic heterocycles. The number of nitrogens with zero attached hydrogens (tertiary/aromatic N) is 2. The molecule has 2 heterocycles. The molecule has 2 aromatic rings. The molecule has 0 radical (unpaired) electrons. The second-order valence-corrected chi connectivity index (χ2v) is 8.81. The van der Waals surface area contributed by atoms with E-state index in [0.29, 0.717) is 12.0 Å². The molecule has 3 saturated carbocycles. The Morgan fingerprint density at radius 3 is 2.87 bits per heavy atom. The van der Waals surface area contributed by atoms with Gasteiger partial charge in [-0.15, -0.1) is 0 Å². The number of ether oxygens (including phenoxy) is 1. The minimum Gasteiger partial charge on any atom is -0.408 e. The number of oxazole rings is 1. The van der Waals surface area contributed by atoms with Crippen molar-refractivity contribution in [3.8, 4) is 6.07 Å². The van der Waals surface area contributed by atoms with Gasteiger partial charge in [-0.05, 0) is 67.2 Å². The molecule has 8 nitrogen and oxygen atoms in total. The largest absolute Gasteiger partial charge is 0.419 e. The van der Waals surface area contributed by atoms with Crippen LogP contribution < -0.4 is 16.4 Å². The molecule has 1 saturated heterocycles. The molecule has 4 fully saturated rings. The van der Waals surface area contributed by atoms with E-state index in [1.54, 1.807) is 7.05 Å². The zero-order chi connectivity index (χ0) is 21.2. The number of rotatable bonds is 5. The van der Waals surface area contributed by atoms with Crippen LogP contribution in [0.2, 0.25) is 0 Å². The minimum absolute atomic E-state index is 0.169. The number of fused-ring (bicyclic) bond motifs is 1. The lowest BCUT2D eigenvalue weighted by molar-refractivity contribution is -0.149. The lowest BCUT2D eigenvalue weighted by Crippen LogP contribution is -2.65. The lowest BCUT2D eigenvalue weighted by atomic mass is 9.32. The zero-order valence-corrected chi connectivity index (χ0v) is 17.3. The summed E-state index contributed by atoms with van der Waals surface area (Å²) in [5.41, 5.74) is 3.03. The van der Waals surface area contributed by atoms with E-state index in [1.165, 1.54) is 16.6 Å². The van der Waals surface area contributed by atoms with Crippen LogP contribution in [0, 0.1) is 16.7 Å². The molecule has 2 N–H and O–H groups in total. The van der Waals surface area contributed by atoms with Crippen LogP contribution in [0.15, 0.2) is 27.4 Å². The molecule has 1 unspecified atom stereocenters. The summed E-state index contributed by atoms with van der Waals surface area (Å²) in [5, 5.41) is 14.9. The predicted octanol–water partition coefficient (Wildman–Crippen LogP) is 1.58. The number of hydrogen-bond acceptors (Lipinski definition) is 6. The number of amides is 1. The molecule has 160 valence electrons. The third-order valence-electron chi connectivity index (χ3n) is 6.67. The van der Waals surface area contributed by atoms with Crippen LogP contribution in [0.25, 0.3) is 11.1 Å². The van der Waals surface area contributed by atoms with Gasteiger partial charge in [0.25, 0.3) is 0 Å². The van der Waals surface area contributed by atoms with Gasteiger partial charge in [0.15, 0.2) is 5.58 Å². The van der Waals surface area contributed by atoms with Crippen molar-refractivity contribution in [3.63, 3.8) is 0 Å². The van der Waals surface area contributed by atoms with E-state index in [0.717, 1.165) is 57.5 Å². The Kier molecular flexibility index (Phi) is 5.67. The highest BCUT2D eigenvalue weighted by atomic mass is 16.5. The average molecular weight is 412 g/mol. The third-order valence-corrected chi connectivity index (χ3v) is 6.67. The van der Waals surface area contributed by atoms with Gasteiger partial charge in [-0.2, -0.15) is 5.26 Å². The molecule has 6 rings (SSSR count). The summed E-state index contributed by atoms with van der Waals surface area (Å²) in [5.74, 6) is -0.344. The predicted molar refractivity (Wildman–Crippen MR) is 111 cm³/mol. The first kappa shape index (κ1) is 20.6. The van der Waals surface area contributed by atoms with Crippen LogP contribution in [0.5, 0.6) is 0 Å². The summed E-state index contributed by atoms with van der Waals surface area (Å²) in [7, 11) is 1.71. The van der Waals surface area contributed by atoms with E-state index in [4.69, 9.17) is 14.4 Å². The van der Waals surface area contributed by atoms with Crippen LogP contribution in [0.4, 0.5) is 0 Å². The van der Waals surface area contributed by atoms with E-state index < -0.39 is 6.04 Å². The van der Waals surface area contributed by atoms with E-state index in [-0.39, 0.29) is 16.6 Å². The Labute approximate surface area is 175 Å². The van der Waals surface area contributed by atoms with Crippen LogP contribution in [0.3, 0.4) is 0 Å². The quantitative estimate of drug-likeness (QED) is 0.722. The maximum atomic E-state index is 11.6. The van der Waals surface area contributed by atoms with Crippen molar-refractivity contribution in [1.29, 1.82) is 5.26 Å². The van der Waals surface area contributed by atoms with Crippen LogP contribution in [0.1, 0.15) is 37.7 Å². The van der Waals surface area contributed by atoms with Crippen molar-refractivity contribution in [1.82, 2.24) is 15.2 Å². The molecular formula is C22H28N4O4. The molecule has 8 heteroatoms. The SMILES string of the molecule is C1CNCCOC1.Cn1c(=O)oc2ccc(C34CC(CC(C#N)NC=O)(C3)C4)cc21. The van der Waals surface area contributed by atoms with Gasteiger partial charge in [0.1, 0.15) is 6.04 Å². The highest BCUT2D eigenvalue weighted by Gasteiger charge is 2.68. The molecule has 1 aromatic carbocycles. The Balaban J connectivity index is 0.000000265. The van der Waals surface area contributed by atoms with Crippen molar-refractivity contribution in [2.24, 2.45) is 12.5 Å². The Morgan fingerprint density at radius 2 is 2.13 bits per heavy atom. The minimum atomic E-state index is -0.400. The first-order valence-corrected chi connectivity index (χ1v) is 10.5. The molecular weight excluding hydrogens is 384 g/mol. The van der Waals surface area contributed by atoms with Crippen molar-refractivity contribution in [2.75, 3.05) is 26.3 Å². The number of carbonyl (C=O) groups is 1. The van der Waals surface area contributed by atoms with Crippen LogP contribution in [-0.2, 0) is 22.0 Å². The molecule has 1 atom stereocenters. The topological polar surface area (TPSA) is 109 Å². The number of benzene rings is 1. The summed E-state index contributed by atoms with van der Waals surface area (Å²) in [6.07, 6.45) is 5.60. The standard InChI is InChI=1S/C17H17N3O3.C5H11NO/c1-20-13-4-11(2-3-14(13)23-15(20)22)17-7-16(8-17,9-17)5-12(6-18)19-10-21;1-2-6-3-5-7-4-1/h2-4,10,12H,5,7-9H2,1H3,(H,19,21);6H,1-5H2. The fourth-order valence-electron chi connectivity index (χ4n) is 5.31. The van der Waals surface area contributed by atoms with Crippen molar-refractivity contribution in [3.05, 3.63) is 34.3 Å². The van der Waals surface area contributed by atoms with Gasteiger partial charge in [-0.3, -0.25) is 9.36 Å². The molecule has 1 aliphatic heterocycles. The number of nitriles is 1. The molecule has 2 bridgehead atoms. The van der Waals surface area contributed by atoms with Gasteiger partial charge < -0.3 is 19.8 Å². The average Bonchev–Trinajstić information content (AvgIpc) is 2.90. The smallest absolute Gasteiger partial charge is 0.408 e. The van der Waals surface area contributed by atoms with Gasteiger partial charge in [-0.1, -0.05) is 6.07 Å². The van der Waals surface area contributed by atoms with Gasteiger partial charge in [-0.25, -0.2) is 4.79 Å². The molecule has 1 amide bonds. The van der Waals surface area contributed by atoms with Crippen molar-refractivity contribution in [2.45, 2.75) is 43.6 Å². The Hall–Kier alpha value is -2.63. The Bertz CT molecular complexity index is 979. The van der Waals surface area contributed by atoms with Crippen LogP contribution in [-0.4, -0.2) is 43.3 Å². The zero-order valence-electron chi connectivity index (χ0n) is 17.3. The van der Waals surface area contributed by atoms with Crippen molar-refractivity contribution < 1.29 is 13.9 Å². The summed E-state index contributed by atoms with van der Waals surface area (Å²) >= 11 is 0. The first-order chi connectivity index (χ1) is 14.5. The van der Waals surface area contributed by atoms with E-state index in [9.17, 15) is 9.59 Å². The lowest BCUT2D eigenvalue weighted by Gasteiger charge is -2.72. The van der Waals surface area contributed by atoms with Crippen molar-refractivity contribution >= 4 is 17.5 Å². The second-order valence-electron chi connectivity index (χ2n) is 8.81. The fourth-order valence-corrected chi connectivity index (χ4v) is 5.31. The number of hydrogen-bond donors (Lipinski definition) is 2. The second kappa shape index (κ2) is 8.25. The highest BCUT2D eigenvalue weighted by molar-refractivity contribution is 5.74. The number of aryl methyl sites for hydroxylation is 1. The highest BCUT2D eigenvalue weighted by Crippen LogP contribution is 2.75. The molecule has 0 spiro atoms. The van der Waals surface area contributed by atoms with Gasteiger partial charge in [0, 0.05) is 20.2 Å². The molecule has 3 aliphatic carbocycles. The fraction of sp³-hybridized carbons (Fsp3) is 0.591. The summed E-state index contributed by atoms with van der Waals surface area (Å²) in [6.45, 7) is 3.98. The van der Waals surface area contributed by atoms with Gasteiger partial charge in [0.2, 0.25) is 6.41 Å². The maximum absolute atomic E-state index is 11.6. The first-order valence-electron chi connectivity index (χ1n) is 10.5.